The summed E-state index contributed by atoms with van der Waals surface area (Å²) < 4.78 is 15.1. The lowest BCUT2D eigenvalue weighted by Gasteiger charge is -2.32. The number of nitrogens with zero attached hydrogens (tertiary/aromatic N) is 2. The predicted molar refractivity (Wildman–Crippen MR) is 199 cm³/mol. The van der Waals surface area contributed by atoms with Gasteiger partial charge in [-0.25, -0.2) is 14.6 Å². The number of cyclic esters (lactones) is 2. The van der Waals surface area contributed by atoms with Crippen molar-refractivity contribution in [1.29, 1.82) is 0 Å². The second-order valence-electron chi connectivity index (χ2n) is 13.3. The van der Waals surface area contributed by atoms with Crippen LogP contribution in [0, 0.1) is 0 Å². The summed E-state index contributed by atoms with van der Waals surface area (Å²) in [6, 6.07) is -0.665. The average Bonchev–Trinajstić information content (AvgIpc) is 3.41. The number of hydrogen-bond donors (Lipinski definition) is 1. The van der Waals surface area contributed by atoms with Crippen LogP contribution in [0.25, 0.3) is 0 Å². The Hall–Kier alpha value is -2.63. The van der Waals surface area contributed by atoms with Crippen molar-refractivity contribution in [2.45, 2.75) is 108 Å². The molecule has 272 valence electrons. The first-order valence-corrected chi connectivity index (χ1v) is 18.2. The number of alkyl carbamates (subject to hydrolysis) is 1. The Morgan fingerprint density at radius 3 is 2.43 bits per heavy atom. The van der Waals surface area contributed by atoms with Crippen molar-refractivity contribution >= 4 is 64.2 Å². The number of thiazole rings is 1. The maximum Gasteiger partial charge on any atom is 0.408 e. The maximum absolute atomic E-state index is 13.0. The molecule has 4 atom stereocenters. The quantitative estimate of drug-likeness (QED) is 0.128. The molecule has 2 bridgehead atoms. The van der Waals surface area contributed by atoms with E-state index in [9.17, 15) is 14.4 Å². The molecule has 0 fully saturated rings. The van der Waals surface area contributed by atoms with Gasteiger partial charge >= 0.3 is 18.0 Å². The van der Waals surface area contributed by atoms with Crippen LogP contribution >= 0.6 is 46.1 Å². The number of alkyl halides is 3. The smallest absolute Gasteiger partial charge is 0.408 e. The molecule has 1 N–H and O–H groups in total. The molecule has 1 aromatic rings. The topological polar surface area (TPSA) is 107 Å². The fraction of sp³-hybridized carbons (Fsp3) is 0.556. The van der Waals surface area contributed by atoms with Crippen LogP contribution in [0.1, 0.15) is 84.3 Å². The average molecular weight is 759 g/mol. The zero-order valence-corrected chi connectivity index (χ0v) is 32.9. The Labute approximate surface area is 310 Å². The number of ether oxygens (including phenoxy) is 3. The number of allylic oxidation sites excluding steroid dienone is 6. The van der Waals surface area contributed by atoms with E-state index in [0.29, 0.717) is 19.3 Å². The molecule has 1 aliphatic rings. The molecule has 1 aromatic heterocycles. The highest BCUT2D eigenvalue weighted by Gasteiger charge is 2.44. The molecule has 13 heteroatoms. The minimum atomic E-state index is -1.88. The number of fused-ring (bicyclic) bond motifs is 2. The van der Waals surface area contributed by atoms with Crippen LogP contribution in [0.5, 0.6) is 0 Å². The lowest BCUT2D eigenvalue weighted by atomic mass is 9.97. The highest BCUT2D eigenvalue weighted by Crippen LogP contribution is 2.40. The van der Waals surface area contributed by atoms with Crippen LogP contribution in [0.15, 0.2) is 64.6 Å². The highest BCUT2D eigenvalue weighted by molar-refractivity contribution is 7.09. The molecule has 9 nitrogen and oxygen atoms in total. The Morgan fingerprint density at radius 2 is 1.78 bits per heavy atom. The van der Waals surface area contributed by atoms with Crippen molar-refractivity contribution in [1.82, 2.24) is 15.2 Å². The van der Waals surface area contributed by atoms with Gasteiger partial charge in [-0.2, -0.15) is 0 Å². The molecule has 1 amide bonds. The molecule has 0 radical (unpaired) electrons. The first kappa shape index (κ1) is 42.5. The standard InChI is InChI=1S/C36H50Cl3N3O6S/c1-23(15-16-42(8)9)13-14-25(3)18-29-21-31-41-30(22-49-31)26(4)19-28(40-34(45)48-35(6,7)36(37,38)39)20-33(44)46-27(5)17-24(2)11-10-12-32(43)47-29/h10-15,18,22,26-29H,16-17,19-21H2,1-9H3,(H,40,45)/b12-10-,14-13+,23-15+,24-11+,25-18+/t26-,27-,28+,29-/m0/s1. The Kier molecular flexibility index (Phi) is 17.1. The summed E-state index contributed by atoms with van der Waals surface area (Å²) >= 11 is 19.5. The number of hydrogen-bond acceptors (Lipinski definition) is 9. The lowest BCUT2D eigenvalue weighted by Crippen LogP contribution is -2.47. The Bertz CT molecular complexity index is 1440. The van der Waals surface area contributed by atoms with Gasteiger partial charge in [-0.3, -0.25) is 4.79 Å². The molecule has 0 saturated heterocycles. The summed E-state index contributed by atoms with van der Waals surface area (Å²) in [7, 11) is 4.03. The number of halogens is 3. The van der Waals surface area contributed by atoms with Gasteiger partial charge in [0.25, 0.3) is 0 Å². The molecule has 49 heavy (non-hydrogen) atoms. The molecule has 0 aromatic carbocycles. The van der Waals surface area contributed by atoms with Crippen LogP contribution in [-0.4, -0.2) is 76.2 Å². The molecule has 1 aliphatic heterocycles. The van der Waals surface area contributed by atoms with Gasteiger partial charge in [-0.1, -0.05) is 88.8 Å². The van der Waals surface area contributed by atoms with Crippen molar-refractivity contribution in [3.05, 3.63) is 75.3 Å². The van der Waals surface area contributed by atoms with E-state index in [-0.39, 0.29) is 12.3 Å². The molecule has 0 saturated carbocycles. The van der Waals surface area contributed by atoms with E-state index >= 15 is 0 Å². The second-order valence-corrected chi connectivity index (χ2v) is 16.5. The number of carbonyl (C=O) groups is 3. The van der Waals surface area contributed by atoms with Gasteiger partial charge < -0.3 is 24.4 Å². The number of aromatic nitrogens is 1. The molecule has 2 heterocycles. The van der Waals surface area contributed by atoms with Crippen LogP contribution in [-0.2, 0) is 30.2 Å². The first-order valence-electron chi connectivity index (χ1n) is 16.2. The number of rotatable bonds is 7. The maximum atomic E-state index is 13.0. The molecular weight excluding hydrogens is 709 g/mol. The van der Waals surface area contributed by atoms with Gasteiger partial charge in [0.05, 0.1) is 17.1 Å². The normalized spacial score (nSPS) is 24.6. The van der Waals surface area contributed by atoms with Gasteiger partial charge in [0, 0.05) is 42.8 Å². The number of amides is 1. The summed E-state index contributed by atoms with van der Waals surface area (Å²) in [4.78, 5) is 45.7. The van der Waals surface area contributed by atoms with Crippen molar-refractivity contribution in [2.75, 3.05) is 20.6 Å². The van der Waals surface area contributed by atoms with Crippen molar-refractivity contribution in [3.8, 4) is 0 Å². The summed E-state index contributed by atoms with van der Waals surface area (Å²) in [5, 5.41) is 5.47. The predicted octanol–water partition coefficient (Wildman–Crippen LogP) is 8.57. The zero-order chi connectivity index (χ0) is 36.9. The molecule has 2 rings (SSSR count). The third-order valence-corrected chi connectivity index (χ3v) is 9.77. The van der Waals surface area contributed by atoms with Gasteiger partial charge in [0.1, 0.15) is 12.2 Å². The first-order chi connectivity index (χ1) is 22.7. The van der Waals surface area contributed by atoms with Gasteiger partial charge in [-0.05, 0) is 68.1 Å². The number of esters is 2. The van der Waals surface area contributed by atoms with E-state index in [0.717, 1.165) is 34.0 Å². The van der Waals surface area contributed by atoms with Crippen molar-refractivity contribution in [3.63, 3.8) is 0 Å². The van der Waals surface area contributed by atoms with Crippen LogP contribution < -0.4 is 5.32 Å². The minimum absolute atomic E-state index is 0.108. The summed E-state index contributed by atoms with van der Waals surface area (Å²) in [5.41, 5.74) is 2.29. The summed E-state index contributed by atoms with van der Waals surface area (Å²) in [6.07, 6.45) is 12.1. The lowest BCUT2D eigenvalue weighted by molar-refractivity contribution is -0.148. The summed E-state index contributed by atoms with van der Waals surface area (Å²) in [6.45, 7) is 13.4. The largest absolute Gasteiger partial charge is 0.462 e. The Balaban J connectivity index is 2.40. The number of nitrogens with one attached hydrogen (secondary N) is 1. The summed E-state index contributed by atoms with van der Waals surface area (Å²) in [5.74, 6) is -1.14. The molecule has 0 unspecified atom stereocenters. The van der Waals surface area contributed by atoms with E-state index in [1.807, 2.05) is 65.4 Å². The zero-order valence-electron chi connectivity index (χ0n) is 29.8. The molecular formula is C36H50Cl3N3O6S. The van der Waals surface area contributed by atoms with Crippen LogP contribution in [0.4, 0.5) is 4.79 Å². The fourth-order valence-corrected chi connectivity index (χ4v) is 5.78. The van der Waals surface area contributed by atoms with Gasteiger partial charge in [-0.15, -0.1) is 11.3 Å². The van der Waals surface area contributed by atoms with E-state index in [1.54, 1.807) is 19.1 Å². The Morgan fingerprint density at radius 1 is 1.10 bits per heavy atom. The SMILES string of the molecule is CC(/C=C/C(C)=C/[C@H]1Cc2nc(cs2)[C@@H](C)C[C@@H](NC(=O)OC(C)(C)C(Cl)(Cl)Cl)CC(=O)O[C@@H](C)C/C(C)=C/C=C\C(=O)O1)=C\CN(C)C. The van der Waals surface area contributed by atoms with E-state index in [2.05, 4.69) is 16.3 Å². The molecule has 0 aliphatic carbocycles. The fourth-order valence-electron chi connectivity index (χ4n) is 4.70. The van der Waals surface area contributed by atoms with Crippen LogP contribution in [0.2, 0.25) is 0 Å². The van der Waals surface area contributed by atoms with Gasteiger partial charge in [0.2, 0.25) is 3.79 Å². The van der Waals surface area contributed by atoms with E-state index in [4.69, 9.17) is 54.0 Å². The third kappa shape index (κ3) is 16.3. The third-order valence-electron chi connectivity index (χ3n) is 7.51. The monoisotopic (exact) mass is 757 g/mol. The van der Waals surface area contributed by atoms with Crippen LogP contribution in [0.3, 0.4) is 0 Å². The van der Waals surface area contributed by atoms with E-state index in [1.165, 1.54) is 31.3 Å². The van der Waals surface area contributed by atoms with Crippen molar-refractivity contribution in [2.24, 2.45) is 0 Å². The number of likely N-dealkylation sites (N-methyl/N-ethyl adjacent to an activating group) is 1. The molecule has 0 spiro atoms. The highest BCUT2D eigenvalue weighted by atomic mass is 35.6. The minimum Gasteiger partial charge on any atom is -0.462 e. The number of carbonyl (C=O) groups excluding carboxylic acids is 3. The van der Waals surface area contributed by atoms with Crippen molar-refractivity contribution < 1.29 is 28.6 Å². The second kappa shape index (κ2) is 19.7. The van der Waals surface area contributed by atoms with E-state index < -0.39 is 45.7 Å². The van der Waals surface area contributed by atoms with Gasteiger partial charge in [0.15, 0.2) is 5.60 Å².